The molecule has 0 spiro atoms. The van der Waals surface area contributed by atoms with Crippen LogP contribution < -0.4 is 19.8 Å². The molecule has 70 heavy (non-hydrogen) atoms. The monoisotopic (exact) mass is 1140 g/mol. The van der Waals surface area contributed by atoms with Crippen molar-refractivity contribution >= 4 is 94.3 Å². The molecule has 0 radical (unpaired) electrons. The van der Waals surface area contributed by atoms with Crippen LogP contribution in [-0.4, -0.2) is 37.6 Å². The fourth-order valence-electron chi connectivity index (χ4n) is 11.4. The van der Waals surface area contributed by atoms with Crippen molar-refractivity contribution in [3.8, 4) is 0 Å². The fraction of sp³-hybridized carbons (Fsp3) is 0.226. The molecular weight excluding hydrogens is 1080 g/mol. The van der Waals surface area contributed by atoms with Crippen LogP contribution in [0.4, 0.5) is 22.7 Å². The van der Waals surface area contributed by atoms with Crippen molar-refractivity contribution in [1.82, 2.24) is 0 Å². The maximum atomic E-state index is 5.20. The van der Waals surface area contributed by atoms with Crippen molar-refractivity contribution in [3.05, 3.63) is 239 Å². The second-order valence-electron chi connectivity index (χ2n) is 20.1. The van der Waals surface area contributed by atoms with Gasteiger partial charge in [-0.25, -0.2) is 0 Å². The summed E-state index contributed by atoms with van der Waals surface area (Å²) in [6.07, 6.45) is 11.1. The van der Waals surface area contributed by atoms with E-state index >= 15 is 0 Å². The summed E-state index contributed by atoms with van der Waals surface area (Å²) in [5, 5.41) is 14.8. The molecule has 8 heteroatoms. The molecule has 0 fully saturated rings. The van der Waals surface area contributed by atoms with Crippen LogP contribution in [0, 0.1) is 0 Å². The highest BCUT2D eigenvalue weighted by Gasteiger charge is 2.47. The minimum atomic E-state index is -0.0992. The Kier molecular flexibility index (Phi) is 14.0. The standard InChI is InChI=1S/C62H60N6.2HI/c1-61(2)51-39-58-52(40-57(51)65(5)59(61)37-31-43-27-33-49(34-28-43)67-55(47-23-15-9-16-24-47)41-53(63-67)45-19-11-7-12-20-45)62(3,4)60(66(58)6)38-32-44-29-35-50(36-30-44)68-56(48-25-17-10-18-26-48)42-54(64-68)46-21-13-8-14-22-46;;/h7-40,55-56,59-60H,41-42H2,1-6H3;2*1H. The van der Waals surface area contributed by atoms with Gasteiger partial charge in [0.05, 0.1) is 47.0 Å². The van der Waals surface area contributed by atoms with E-state index in [1.807, 2.05) is 0 Å². The van der Waals surface area contributed by atoms with Crippen molar-refractivity contribution < 1.29 is 0 Å². The zero-order valence-electron chi connectivity index (χ0n) is 40.9. The summed E-state index contributed by atoms with van der Waals surface area (Å²) in [4.78, 5) is 4.98. The van der Waals surface area contributed by atoms with Crippen LogP contribution in [0.1, 0.15) is 97.1 Å². The van der Waals surface area contributed by atoms with Crippen LogP contribution in [0.3, 0.4) is 0 Å². The minimum Gasteiger partial charge on any atom is -0.367 e. The Hall–Kier alpha value is -5.98. The van der Waals surface area contributed by atoms with Crippen molar-refractivity contribution in [1.29, 1.82) is 0 Å². The number of hydrogen-bond acceptors (Lipinski definition) is 6. The van der Waals surface area contributed by atoms with Crippen LogP contribution in [0.2, 0.25) is 0 Å². The Labute approximate surface area is 449 Å². The van der Waals surface area contributed by atoms with Gasteiger partial charge in [-0.1, -0.05) is 198 Å². The molecule has 11 rings (SSSR count). The van der Waals surface area contributed by atoms with E-state index in [4.69, 9.17) is 10.2 Å². The van der Waals surface area contributed by atoms with Gasteiger partial charge in [0.15, 0.2) is 0 Å². The molecule has 0 saturated carbocycles. The third-order valence-corrected chi connectivity index (χ3v) is 15.2. The third kappa shape index (κ3) is 9.02. The summed E-state index contributed by atoms with van der Waals surface area (Å²) in [6, 6.07) is 66.2. The lowest BCUT2D eigenvalue weighted by Crippen LogP contribution is -2.38. The van der Waals surface area contributed by atoms with Crippen LogP contribution in [-0.2, 0) is 10.8 Å². The molecule has 6 nitrogen and oxygen atoms in total. The predicted octanol–water partition coefficient (Wildman–Crippen LogP) is 15.3. The summed E-state index contributed by atoms with van der Waals surface area (Å²) in [7, 11) is 4.53. The zero-order valence-corrected chi connectivity index (χ0v) is 45.5. The molecule has 4 heterocycles. The number of likely N-dealkylation sites (N-methyl/N-ethyl adjacent to an activating group) is 2. The van der Waals surface area contributed by atoms with Crippen LogP contribution in [0.25, 0.3) is 12.2 Å². The smallest absolute Gasteiger partial charge is 0.0831 e. The van der Waals surface area contributed by atoms with Crippen molar-refractivity contribution in [2.45, 2.75) is 75.5 Å². The number of benzene rings is 7. The molecule has 354 valence electrons. The number of hydrogen-bond donors (Lipinski definition) is 0. The second-order valence-corrected chi connectivity index (χ2v) is 20.1. The van der Waals surface area contributed by atoms with Gasteiger partial charge in [0.1, 0.15) is 0 Å². The first-order valence-corrected chi connectivity index (χ1v) is 24.2. The quantitative estimate of drug-likeness (QED) is 0.128. The van der Waals surface area contributed by atoms with Gasteiger partial charge in [0, 0.05) is 49.1 Å². The second kappa shape index (κ2) is 20.0. The Morgan fingerprint density at radius 3 is 1.11 bits per heavy atom. The SMILES string of the molecule is CN1c2cc3c(cc2C(C)(C)C1C=Cc1ccc(N2N=C(c4ccccc4)CC2c2ccccc2)cc1)N(C)C(C=Cc1ccc(N2N=C(c4ccccc4)CC2c2ccccc2)cc1)C3(C)C.I.I. The van der Waals surface area contributed by atoms with E-state index in [1.165, 1.54) is 55.9 Å². The van der Waals surface area contributed by atoms with Crippen LogP contribution >= 0.6 is 48.0 Å². The average molecular weight is 1150 g/mol. The van der Waals surface area contributed by atoms with E-state index in [2.05, 4.69) is 268 Å². The molecule has 0 saturated heterocycles. The van der Waals surface area contributed by atoms with Gasteiger partial charge >= 0.3 is 0 Å². The van der Waals surface area contributed by atoms with Gasteiger partial charge in [-0.3, -0.25) is 10.0 Å². The molecule has 0 amide bonds. The molecule has 0 aliphatic carbocycles. The lowest BCUT2D eigenvalue weighted by molar-refractivity contribution is 0.486. The Morgan fingerprint density at radius 2 is 0.771 bits per heavy atom. The minimum absolute atomic E-state index is 0. The van der Waals surface area contributed by atoms with E-state index in [-0.39, 0.29) is 83.0 Å². The number of nitrogens with zero attached hydrogens (tertiary/aromatic N) is 6. The van der Waals surface area contributed by atoms with E-state index in [0.29, 0.717) is 0 Å². The lowest BCUT2D eigenvalue weighted by atomic mass is 9.77. The molecule has 0 N–H and O–H groups in total. The summed E-state index contributed by atoms with van der Waals surface area (Å²) >= 11 is 0. The van der Waals surface area contributed by atoms with Gasteiger partial charge < -0.3 is 9.80 Å². The van der Waals surface area contributed by atoms with Gasteiger partial charge in [0.25, 0.3) is 0 Å². The maximum Gasteiger partial charge on any atom is 0.0831 e. The van der Waals surface area contributed by atoms with E-state index < -0.39 is 0 Å². The number of fused-ring (bicyclic) bond motifs is 2. The van der Waals surface area contributed by atoms with Crippen molar-refractivity contribution in [2.75, 3.05) is 33.9 Å². The summed E-state index contributed by atoms with van der Waals surface area (Å²) in [6.45, 7) is 9.60. The molecule has 0 aromatic heterocycles. The Morgan fingerprint density at radius 1 is 0.443 bits per heavy atom. The molecule has 4 aliphatic heterocycles. The maximum absolute atomic E-state index is 5.20. The Balaban J connectivity index is 0.00000304. The highest BCUT2D eigenvalue weighted by Crippen LogP contribution is 2.53. The topological polar surface area (TPSA) is 37.7 Å². The van der Waals surface area contributed by atoms with Gasteiger partial charge in [-0.15, -0.1) is 48.0 Å². The van der Waals surface area contributed by atoms with Crippen molar-refractivity contribution in [3.63, 3.8) is 0 Å². The zero-order chi connectivity index (χ0) is 46.6. The van der Waals surface area contributed by atoms with Gasteiger partial charge in [-0.2, -0.15) is 10.2 Å². The first-order chi connectivity index (χ1) is 33.0. The van der Waals surface area contributed by atoms with Crippen molar-refractivity contribution in [2.24, 2.45) is 10.2 Å². The molecule has 7 aromatic carbocycles. The highest BCUT2D eigenvalue weighted by atomic mass is 127. The number of halogens is 2. The largest absolute Gasteiger partial charge is 0.367 e. The molecule has 4 aliphatic rings. The highest BCUT2D eigenvalue weighted by molar-refractivity contribution is 14.0. The van der Waals surface area contributed by atoms with Gasteiger partial charge in [0.2, 0.25) is 0 Å². The molecule has 7 aromatic rings. The number of anilines is 4. The first-order valence-electron chi connectivity index (χ1n) is 24.2. The fourth-order valence-corrected chi connectivity index (χ4v) is 11.4. The van der Waals surface area contributed by atoms with Gasteiger partial charge in [-0.05, 0) is 80.9 Å². The van der Waals surface area contributed by atoms with E-state index in [0.717, 1.165) is 35.6 Å². The third-order valence-electron chi connectivity index (χ3n) is 15.2. The van der Waals surface area contributed by atoms with E-state index in [9.17, 15) is 0 Å². The molecular formula is C62H62I2N6. The Bertz CT molecular complexity index is 2850. The summed E-state index contributed by atoms with van der Waals surface area (Å²) in [5.74, 6) is 0. The first kappa shape index (κ1) is 49.0. The predicted molar refractivity (Wildman–Crippen MR) is 317 cm³/mol. The summed E-state index contributed by atoms with van der Waals surface area (Å²) in [5.41, 5.74) is 16.9. The number of rotatable bonds is 10. The summed E-state index contributed by atoms with van der Waals surface area (Å²) < 4.78 is 0. The van der Waals surface area contributed by atoms with E-state index in [1.54, 1.807) is 0 Å². The van der Waals surface area contributed by atoms with Crippen LogP contribution in [0.5, 0.6) is 0 Å². The average Bonchev–Trinajstić information content (AvgIpc) is 4.12. The molecule has 4 atom stereocenters. The lowest BCUT2D eigenvalue weighted by Gasteiger charge is -2.31. The number of hydrazone groups is 2. The van der Waals surface area contributed by atoms with Crippen LogP contribution in [0.15, 0.2) is 204 Å². The molecule has 4 unspecified atom stereocenters. The molecule has 0 bridgehead atoms. The normalized spacial score (nSPS) is 20.8.